The van der Waals surface area contributed by atoms with E-state index in [1.54, 1.807) is 30.3 Å². The molecule has 7 nitrogen and oxygen atoms in total. The van der Waals surface area contributed by atoms with Crippen molar-refractivity contribution in [3.05, 3.63) is 94.3 Å². The second kappa shape index (κ2) is 9.67. The summed E-state index contributed by atoms with van der Waals surface area (Å²) in [4.78, 5) is 24.5. The molecule has 3 aromatic carbocycles. The van der Waals surface area contributed by atoms with Crippen molar-refractivity contribution in [2.24, 2.45) is 0 Å². The minimum atomic E-state index is -0.970. The fraction of sp³-hybridized carbons (Fsp3) is 0.192. The summed E-state index contributed by atoms with van der Waals surface area (Å²) in [6.07, 6.45) is -0.970. The average molecular weight is 444 g/mol. The van der Waals surface area contributed by atoms with Crippen molar-refractivity contribution >= 4 is 16.7 Å². The quantitative estimate of drug-likeness (QED) is 0.438. The summed E-state index contributed by atoms with van der Waals surface area (Å²) in [7, 11) is 1.32. The SMILES string of the molecule is COC(=O)c1ccc(OCC(O)Cn2nc(-c3ccc(C)cc3)c3ccccc3c2=O)cc1. The van der Waals surface area contributed by atoms with Crippen LogP contribution in [0.5, 0.6) is 5.75 Å². The molecule has 0 spiro atoms. The van der Waals surface area contributed by atoms with Crippen LogP contribution in [0.2, 0.25) is 0 Å². The maximum absolute atomic E-state index is 13.0. The smallest absolute Gasteiger partial charge is 0.337 e. The molecule has 1 N–H and O–H groups in total. The van der Waals surface area contributed by atoms with Crippen LogP contribution in [-0.4, -0.2) is 40.7 Å². The number of rotatable bonds is 7. The number of aryl methyl sites for hydroxylation is 1. The van der Waals surface area contributed by atoms with E-state index in [1.807, 2.05) is 49.4 Å². The first-order chi connectivity index (χ1) is 16.0. The van der Waals surface area contributed by atoms with Crippen molar-refractivity contribution in [2.45, 2.75) is 19.6 Å². The van der Waals surface area contributed by atoms with E-state index in [-0.39, 0.29) is 18.7 Å². The van der Waals surface area contributed by atoms with Gasteiger partial charge in [-0.05, 0) is 37.3 Å². The first-order valence-electron chi connectivity index (χ1n) is 10.5. The summed E-state index contributed by atoms with van der Waals surface area (Å²) in [5.41, 5.74) is 2.83. The Morgan fingerprint density at radius 1 is 1.00 bits per heavy atom. The van der Waals surface area contributed by atoms with E-state index < -0.39 is 12.1 Å². The third kappa shape index (κ3) is 4.94. The Morgan fingerprint density at radius 2 is 1.67 bits per heavy atom. The topological polar surface area (TPSA) is 90.7 Å². The van der Waals surface area contributed by atoms with Crippen molar-refractivity contribution < 1.29 is 19.4 Å². The number of carbonyl (C=O) groups is 1. The van der Waals surface area contributed by atoms with Crippen LogP contribution in [0.15, 0.2) is 77.6 Å². The van der Waals surface area contributed by atoms with Gasteiger partial charge in [0.25, 0.3) is 5.56 Å². The Bertz CT molecular complexity index is 1330. The number of benzene rings is 3. The lowest BCUT2D eigenvalue weighted by Gasteiger charge is -2.16. The van der Waals surface area contributed by atoms with Crippen LogP contribution < -0.4 is 10.3 Å². The number of aromatic nitrogens is 2. The van der Waals surface area contributed by atoms with Crippen molar-refractivity contribution in [3.8, 4) is 17.0 Å². The molecule has 0 saturated heterocycles. The Kier molecular flexibility index (Phi) is 6.51. The van der Waals surface area contributed by atoms with Gasteiger partial charge in [0.1, 0.15) is 18.5 Å². The van der Waals surface area contributed by atoms with Crippen LogP contribution in [0.4, 0.5) is 0 Å². The predicted molar refractivity (Wildman–Crippen MR) is 125 cm³/mol. The molecule has 1 aromatic heterocycles. The highest BCUT2D eigenvalue weighted by atomic mass is 16.5. The van der Waals surface area contributed by atoms with E-state index in [2.05, 4.69) is 9.84 Å². The van der Waals surface area contributed by atoms with Crippen LogP contribution in [0.1, 0.15) is 15.9 Å². The van der Waals surface area contributed by atoms with E-state index in [1.165, 1.54) is 11.8 Å². The van der Waals surface area contributed by atoms with Gasteiger partial charge in [0.05, 0.1) is 30.3 Å². The summed E-state index contributed by atoms with van der Waals surface area (Å²) < 4.78 is 11.6. The molecule has 168 valence electrons. The van der Waals surface area contributed by atoms with Crippen LogP contribution in [0.25, 0.3) is 22.0 Å². The molecule has 4 aromatic rings. The summed E-state index contributed by atoms with van der Waals surface area (Å²) in [5, 5.41) is 16.4. The highest BCUT2D eigenvalue weighted by Crippen LogP contribution is 2.25. The third-order valence-electron chi connectivity index (χ3n) is 5.29. The molecule has 1 atom stereocenters. The number of hydrogen-bond acceptors (Lipinski definition) is 6. The number of aliphatic hydroxyl groups excluding tert-OH is 1. The molecule has 0 aliphatic heterocycles. The lowest BCUT2D eigenvalue weighted by Crippen LogP contribution is -2.32. The summed E-state index contributed by atoms with van der Waals surface area (Å²) >= 11 is 0. The molecule has 0 aliphatic rings. The summed E-state index contributed by atoms with van der Waals surface area (Å²) in [6.45, 7) is 1.94. The number of hydrogen-bond donors (Lipinski definition) is 1. The van der Waals surface area contributed by atoms with Gasteiger partial charge in [0.2, 0.25) is 0 Å². The second-order valence-corrected chi connectivity index (χ2v) is 7.73. The Balaban J connectivity index is 1.55. The molecule has 1 unspecified atom stereocenters. The molecule has 7 heteroatoms. The molecule has 0 aliphatic carbocycles. The first-order valence-corrected chi connectivity index (χ1v) is 10.5. The number of nitrogens with zero attached hydrogens (tertiary/aromatic N) is 2. The van der Waals surface area contributed by atoms with Gasteiger partial charge in [-0.3, -0.25) is 4.79 Å². The molecule has 0 saturated carbocycles. The molecule has 1 heterocycles. The number of esters is 1. The first kappa shape index (κ1) is 22.2. The van der Waals surface area contributed by atoms with Gasteiger partial charge in [0.15, 0.2) is 0 Å². The van der Waals surface area contributed by atoms with E-state index >= 15 is 0 Å². The number of methoxy groups -OCH3 is 1. The van der Waals surface area contributed by atoms with Crippen molar-refractivity contribution in [1.82, 2.24) is 9.78 Å². The molecule has 33 heavy (non-hydrogen) atoms. The van der Waals surface area contributed by atoms with Crippen LogP contribution in [0.3, 0.4) is 0 Å². The van der Waals surface area contributed by atoms with E-state index in [9.17, 15) is 14.7 Å². The predicted octanol–water partition coefficient (Wildman–Crippen LogP) is 3.60. The molecule has 0 radical (unpaired) electrons. The molecule has 4 rings (SSSR count). The van der Waals surface area contributed by atoms with Gasteiger partial charge in [0, 0.05) is 10.9 Å². The molecular weight excluding hydrogens is 420 g/mol. The zero-order valence-electron chi connectivity index (χ0n) is 18.4. The highest BCUT2D eigenvalue weighted by molar-refractivity contribution is 5.93. The molecule has 0 bridgehead atoms. The average Bonchev–Trinajstić information content (AvgIpc) is 2.85. The normalized spacial score (nSPS) is 11.8. The van der Waals surface area contributed by atoms with E-state index in [0.29, 0.717) is 22.4 Å². The van der Waals surface area contributed by atoms with Crippen molar-refractivity contribution in [2.75, 3.05) is 13.7 Å². The molecule has 0 amide bonds. The monoisotopic (exact) mass is 444 g/mol. The lowest BCUT2D eigenvalue weighted by atomic mass is 10.0. The fourth-order valence-electron chi connectivity index (χ4n) is 3.53. The summed E-state index contributed by atoms with van der Waals surface area (Å²) in [6, 6.07) is 21.7. The number of ether oxygens (including phenoxy) is 2. The Labute approximate surface area is 190 Å². The van der Waals surface area contributed by atoms with Gasteiger partial charge < -0.3 is 14.6 Å². The maximum atomic E-state index is 13.0. The Morgan fingerprint density at radius 3 is 2.33 bits per heavy atom. The number of carbonyl (C=O) groups excluding carboxylic acids is 1. The third-order valence-corrected chi connectivity index (χ3v) is 5.29. The van der Waals surface area contributed by atoms with Gasteiger partial charge in [-0.15, -0.1) is 0 Å². The fourth-order valence-corrected chi connectivity index (χ4v) is 3.53. The van der Waals surface area contributed by atoms with E-state index in [4.69, 9.17) is 4.74 Å². The number of aliphatic hydroxyl groups is 1. The summed E-state index contributed by atoms with van der Waals surface area (Å²) in [5.74, 6) is 0.0496. The lowest BCUT2D eigenvalue weighted by molar-refractivity contribution is 0.0600. The van der Waals surface area contributed by atoms with Gasteiger partial charge in [-0.2, -0.15) is 5.10 Å². The van der Waals surface area contributed by atoms with Crippen LogP contribution >= 0.6 is 0 Å². The van der Waals surface area contributed by atoms with Crippen molar-refractivity contribution in [3.63, 3.8) is 0 Å². The Hall–Kier alpha value is -3.97. The standard InChI is InChI=1S/C26H24N2O5/c1-17-7-9-18(10-8-17)24-22-5-3-4-6-23(22)25(30)28(27-24)15-20(29)16-33-21-13-11-19(12-14-21)26(31)32-2/h3-14,20,29H,15-16H2,1-2H3. The van der Waals surface area contributed by atoms with Gasteiger partial charge in [-0.25, -0.2) is 9.48 Å². The zero-order valence-corrected chi connectivity index (χ0v) is 18.4. The largest absolute Gasteiger partial charge is 0.491 e. The second-order valence-electron chi connectivity index (χ2n) is 7.73. The minimum absolute atomic E-state index is 0.0250. The molecular formula is C26H24N2O5. The van der Waals surface area contributed by atoms with Crippen LogP contribution in [-0.2, 0) is 11.3 Å². The number of fused-ring (bicyclic) bond motifs is 1. The van der Waals surface area contributed by atoms with Gasteiger partial charge >= 0.3 is 5.97 Å². The van der Waals surface area contributed by atoms with Gasteiger partial charge in [-0.1, -0.05) is 48.0 Å². The highest BCUT2D eigenvalue weighted by Gasteiger charge is 2.15. The van der Waals surface area contributed by atoms with Crippen LogP contribution in [0, 0.1) is 6.92 Å². The zero-order chi connectivity index (χ0) is 23.4. The minimum Gasteiger partial charge on any atom is -0.491 e. The molecule has 0 fully saturated rings. The van der Waals surface area contributed by atoms with E-state index in [0.717, 1.165) is 16.5 Å². The van der Waals surface area contributed by atoms with Crippen molar-refractivity contribution in [1.29, 1.82) is 0 Å². The maximum Gasteiger partial charge on any atom is 0.337 e.